The van der Waals surface area contributed by atoms with Gasteiger partial charge in [0.1, 0.15) is 0 Å². The van der Waals surface area contributed by atoms with Crippen molar-refractivity contribution in [1.29, 1.82) is 0 Å². The second kappa shape index (κ2) is 6.49. The van der Waals surface area contributed by atoms with E-state index in [1.165, 1.54) is 6.07 Å². The monoisotopic (exact) mass is 267 g/mol. The fourth-order valence-electron chi connectivity index (χ4n) is 1.86. The molecule has 1 aromatic carbocycles. The van der Waals surface area contributed by atoms with Crippen molar-refractivity contribution in [1.82, 2.24) is 0 Å². The number of aryl methyl sites for hydroxylation is 1. The van der Waals surface area contributed by atoms with Gasteiger partial charge in [-0.05, 0) is 25.0 Å². The maximum atomic E-state index is 10.9. The summed E-state index contributed by atoms with van der Waals surface area (Å²) < 4.78 is 16.2. The van der Waals surface area contributed by atoms with Crippen LogP contribution in [0.15, 0.2) is 18.2 Å². The predicted molar refractivity (Wildman–Crippen MR) is 68.3 cm³/mol. The molecular formula is C13H17NO5. The molecule has 0 spiro atoms. The van der Waals surface area contributed by atoms with Gasteiger partial charge in [-0.2, -0.15) is 0 Å². The van der Waals surface area contributed by atoms with E-state index in [-0.39, 0.29) is 17.7 Å². The van der Waals surface area contributed by atoms with E-state index in [1.54, 1.807) is 19.1 Å². The first-order chi connectivity index (χ1) is 9.16. The topological polar surface area (TPSA) is 70.8 Å². The Hall–Kier alpha value is -1.66. The van der Waals surface area contributed by atoms with Crippen LogP contribution in [0.4, 0.5) is 5.69 Å². The molecule has 6 nitrogen and oxygen atoms in total. The van der Waals surface area contributed by atoms with Gasteiger partial charge in [-0.15, -0.1) is 0 Å². The zero-order valence-electron chi connectivity index (χ0n) is 10.8. The Morgan fingerprint density at radius 3 is 2.84 bits per heavy atom. The normalized spacial score (nSPS) is 16.3. The molecule has 104 valence electrons. The molecule has 0 unspecified atom stereocenters. The molecular weight excluding hydrogens is 250 g/mol. The molecule has 0 atom stereocenters. The number of ether oxygens (including phenoxy) is 3. The molecule has 6 heteroatoms. The summed E-state index contributed by atoms with van der Waals surface area (Å²) in [6.07, 6.45) is 1.20. The molecule has 0 bridgehead atoms. The van der Waals surface area contributed by atoms with Crippen molar-refractivity contribution in [2.75, 3.05) is 19.8 Å². The molecule has 1 aliphatic heterocycles. The van der Waals surface area contributed by atoms with Crippen molar-refractivity contribution < 1.29 is 19.1 Å². The van der Waals surface area contributed by atoms with Crippen molar-refractivity contribution in [3.8, 4) is 5.75 Å². The molecule has 0 aromatic heterocycles. The third-order valence-corrected chi connectivity index (χ3v) is 2.82. The molecule has 0 amide bonds. The Morgan fingerprint density at radius 2 is 2.16 bits per heavy atom. The van der Waals surface area contributed by atoms with E-state index >= 15 is 0 Å². The first-order valence-corrected chi connectivity index (χ1v) is 6.28. The molecule has 1 aromatic rings. The lowest BCUT2D eigenvalue weighted by atomic mass is 10.2. The van der Waals surface area contributed by atoms with Crippen LogP contribution in [0.2, 0.25) is 0 Å². The Labute approximate surface area is 111 Å². The standard InChI is InChI=1S/C13H17NO5/c1-10-3-4-12(11(9-10)14(15)16)17-8-5-13-18-6-2-7-19-13/h3-4,9,13H,2,5-8H2,1H3. The lowest BCUT2D eigenvalue weighted by Crippen LogP contribution is -2.26. The van der Waals surface area contributed by atoms with E-state index < -0.39 is 4.92 Å². The molecule has 19 heavy (non-hydrogen) atoms. The molecule has 0 aliphatic carbocycles. The molecule has 0 N–H and O–H groups in total. The van der Waals surface area contributed by atoms with Crippen molar-refractivity contribution in [2.45, 2.75) is 26.1 Å². The van der Waals surface area contributed by atoms with Crippen molar-refractivity contribution in [3.05, 3.63) is 33.9 Å². The highest BCUT2D eigenvalue weighted by atomic mass is 16.7. The van der Waals surface area contributed by atoms with Gasteiger partial charge < -0.3 is 14.2 Å². The van der Waals surface area contributed by atoms with Gasteiger partial charge in [0.05, 0.1) is 24.7 Å². The zero-order chi connectivity index (χ0) is 13.7. The van der Waals surface area contributed by atoms with Crippen LogP contribution in [-0.4, -0.2) is 31.0 Å². The van der Waals surface area contributed by atoms with E-state index in [0.717, 1.165) is 12.0 Å². The number of hydrogen-bond acceptors (Lipinski definition) is 5. The van der Waals surface area contributed by atoms with Gasteiger partial charge in [0.25, 0.3) is 0 Å². The number of nitro benzene ring substituents is 1. The van der Waals surface area contributed by atoms with Crippen LogP contribution in [0.25, 0.3) is 0 Å². The van der Waals surface area contributed by atoms with Crippen LogP contribution in [0.1, 0.15) is 18.4 Å². The van der Waals surface area contributed by atoms with Crippen LogP contribution in [0.5, 0.6) is 5.75 Å². The van der Waals surface area contributed by atoms with Gasteiger partial charge in [-0.3, -0.25) is 10.1 Å². The lowest BCUT2D eigenvalue weighted by Gasteiger charge is -2.23. The Kier molecular flexibility index (Phi) is 4.70. The van der Waals surface area contributed by atoms with Crippen LogP contribution in [-0.2, 0) is 9.47 Å². The van der Waals surface area contributed by atoms with Crippen LogP contribution < -0.4 is 4.74 Å². The van der Waals surface area contributed by atoms with E-state index in [9.17, 15) is 10.1 Å². The summed E-state index contributed by atoms with van der Waals surface area (Å²) in [4.78, 5) is 10.5. The molecule has 1 aliphatic rings. The molecule has 1 saturated heterocycles. The van der Waals surface area contributed by atoms with Crippen molar-refractivity contribution in [2.24, 2.45) is 0 Å². The summed E-state index contributed by atoms with van der Waals surface area (Å²) in [5.74, 6) is 0.284. The zero-order valence-corrected chi connectivity index (χ0v) is 10.8. The summed E-state index contributed by atoms with van der Waals surface area (Å²) in [7, 11) is 0. The average molecular weight is 267 g/mol. The smallest absolute Gasteiger partial charge is 0.311 e. The minimum absolute atomic E-state index is 0.00881. The van der Waals surface area contributed by atoms with Crippen LogP contribution in [0, 0.1) is 17.0 Å². The van der Waals surface area contributed by atoms with E-state index in [4.69, 9.17) is 14.2 Å². The van der Waals surface area contributed by atoms with Gasteiger partial charge in [0, 0.05) is 12.5 Å². The number of nitro groups is 1. The Balaban J connectivity index is 1.89. The van der Waals surface area contributed by atoms with E-state index in [2.05, 4.69) is 0 Å². The minimum atomic E-state index is -0.435. The molecule has 1 fully saturated rings. The number of rotatable bonds is 5. The summed E-state index contributed by atoms with van der Waals surface area (Å²) in [6.45, 7) is 3.51. The largest absolute Gasteiger partial charge is 0.487 e. The Morgan fingerprint density at radius 1 is 1.42 bits per heavy atom. The van der Waals surface area contributed by atoms with Crippen LogP contribution >= 0.6 is 0 Å². The highest BCUT2D eigenvalue weighted by molar-refractivity contribution is 5.48. The summed E-state index contributed by atoms with van der Waals surface area (Å²) in [5.41, 5.74) is 0.823. The van der Waals surface area contributed by atoms with Gasteiger partial charge >= 0.3 is 5.69 Å². The number of hydrogen-bond donors (Lipinski definition) is 0. The fourth-order valence-corrected chi connectivity index (χ4v) is 1.86. The van der Waals surface area contributed by atoms with E-state index in [0.29, 0.717) is 26.2 Å². The average Bonchev–Trinajstić information content (AvgIpc) is 2.41. The van der Waals surface area contributed by atoms with Crippen LogP contribution in [0.3, 0.4) is 0 Å². The number of nitrogens with zero attached hydrogens (tertiary/aromatic N) is 1. The molecule has 2 rings (SSSR count). The third kappa shape index (κ3) is 3.90. The molecule has 0 radical (unpaired) electrons. The highest BCUT2D eigenvalue weighted by Gasteiger charge is 2.17. The quantitative estimate of drug-likeness (QED) is 0.605. The van der Waals surface area contributed by atoms with Crippen molar-refractivity contribution >= 4 is 5.69 Å². The second-order valence-corrected chi connectivity index (χ2v) is 4.39. The SMILES string of the molecule is Cc1ccc(OCCC2OCCCO2)c([N+](=O)[O-])c1. The minimum Gasteiger partial charge on any atom is -0.487 e. The summed E-state index contributed by atoms with van der Waals surface area (Å²) in [5, 5.41) is 10.9. The van der Waals surface area contributed by atoms with Gasteiger partial charge in [-0.1, -0.05) is 6.07 Å². The van der Waals surface area contributed by atoms with Gasteiger partial charge in [0.15, 0.2) is 12.0 Å². The maximum absolute atomic E-state index is 10.9. The lowest BCUT2D eigenvalue weighted by molar-refractivity contribution is -0.386. The first kappa shape index (κ1) is 13.8. The highest BCUT2D eigenvalue weighted by Crippen LogP contribution is 2.28. The predicted octanol–water partition coefficient (Wildman–Crippen LogP) is 2.44. The van der Waals surface area contributed by atoms with E-state index in [1.807, 2.05) is 0 Å². The van der Waals surface area contributed by atoms with Gasteiger partial charge in [-0.25, -0.2) is 0 Å². The van der Waals surface area contributed by atoms with Crippen molar-refractivity contribution in [3.63, 3.8) is 0 Å². The second-order valence-electron chi connectivity index (χ2n) is 4.39. The first-order valence-electron chi connectivity index (χ1n) is 6.28. The third-order valence-electron chi connectivity index (χ3n) is 2.82. The molecule has 0 saturated carbocycles. The summed E-state index contributed by atoms with van der Waals surface area (Å²) in [6, 6.07) is 4.91. The Bertz CT molecular complexity index is 443. The fraction of sp³-hybridized carbons (Fsp3) is 0.538. The number of benzene rings is 1. The maximum Gasteiger partial charge on any atom is 0.311 e. The molecule has 1 heterocycles. The van der Waals surface area contributed by atoms with Gasteiger partial charge in [0.2, 0.25) is 0 Å². The summed E-state index contributed by atoms with van der Waals surface area (Å²) >= 11 is 0.